The molecule has 0 unspecified atom stereocenters. The fourth-order valence-corrected chi connectivity index (χ4v) is 3.45. The largest absolute Gasteiger partial charge is 0.338 e. The van der Waals surface area contributed by atoms with Gasteiger partial charge >= 0.3 is 6.03 Å². The fourth-order valence-electron chi connectivity index (χ4n) is 3.45. The number of rotatable bonds is 5. The van der Waals surface area contributed by atoms with Crippen LogP contribution in [0.3, 0.4) is 0 Å². The van der Waals surface area contributed by atoms with E-state index >= 15 is 0 Å². The minimum absolute atomic E-state index is 0.00601. The van der Waals surface area contributed by atoms with Crippen LogP contribution in [-0.2, 0) is 17.9 Å². The van der Waals surface area contributed by atoms with Gasteiger partial charge in [-0.25, -0.2) is 4.79 Å². The van der Waals surface area contributed by atoms with Crippen molar-refractivity contribution in [2.75, 3.05) is 6.54 Å². The number of likely N-dealkylation sites (tertiary alicyclic amines) is 1. The van der Waals surface area contributed by atoms with Gasteiger partial charge in [-0.05, 0) is 53.9 Å². The third-order valence-electron chi connectivity index (χ3n) is 5.06. The van der Waals surface area contributed by atoms with Gasteiger partial charge in [0, 0.05) is 36.9 Å². The topological polar surface area (TPSA) is 79.3 Å². The summed E-state index contributed by atoms with van der Waals surface area (Å²) in [5.74, 6) is -0.00601. The molecule has 0 spiro atoms. The van der Waals surface area contributed by atoms with Crippen LogP contribution >= 0.6 is 0 Å². The van der Waals surface area contributed by atoms with E-state index in [0.29, 0.717) is 6.54 Å². The molecular weight excluding hydrogens is 318 g/mol. The Morgan fingerprint density at radius 3 is 2.64 bits per heavy atom. The third-order valence-corrected chi connectivity index (χ3v) is 5.06. The van der Waals surface area contributed by atoms with E-state index in [4.69, 9.17) is 0 Å². The number of aryl methyl sites for hydroxylation is 2. The third kappa shape index (κ3) is 4.52. The molecular formula is C18H31N5O2. The number of carbonyl (C=O) groups excluding carboxylic acids is 2. The van der Waals surface area contributed by atoms with Crippen LogP contribution in [0.2, 0.25) is 0 Å². The van der Waals surface area contributed by atoms with E-state index in [1.54, 1.807) is 6.92 Å². The Labute approximate surface area is 150 Å². The average Bonchev–Trinajstić information content (AvgIpc) is 2.86. The summed E-state index contributed by atoms with van der Waals surface area (Å²) in [6, 6.07) is -0.603. The van der Waals surface area contributed by atoms with Crippen molar-refractivity contribution >= 4 is 11.9 Å². The van der Waals surface area contributed by atoms with Crippen LogP contribution in [0.5, 0.6) is 0 Å². The number of nitrogens with one attached hydrogen (secondary N) is 2. The predicted octanol–water partition coefficient (Wildman–Crippen LogP) is 2.11. The van der Waals surface area contributed by atoms with Gasteiger partial charge in [-0.1, -0.05) is 0 Å². The Balaban J connectivity index is 1.87. The summed E-state index contributed by atoms with van der Waals surface area (Å²) in [6.45, 7) is 11.8. The standard InChI is InChI=1S/C18H31N5O2/c1-6-23-15(5)16(13(3)21-23)11-19-18(25)20-14(4)17(24)22-10-8-7-9-12(22)2/h12,14H,6-11H2,1-5H3,(H2,19,20,25)/t12-,14+/m0/s1. The lowest BCUT2D eigenvalue weighted by atomic mass is 10.0. The predicted molar refractivity (Wildman–Crippen MR) is 97.2 cm³/mol. The van der Waals surface area contributed by atoms with Crippen LogP contribution in [0.1, 0.15) is 57.0 Å². The highest BCUT2D eigenvalue weighted by Crippen LogP contribution is 2.17. The first kappa shape index (κ1) is 19.3. The first-order chi connectivity index (χ1) is 11.8. The highest BCUT2D eigenvalue weighted by molar-refractivity contribution is 5.87. The van der Waals surface area contributed by atoms with Crippen LogP contribution < -0.4 is 10.6 Å². The molecule has 0 radical (unpaired) electrons. The van der Waals surface area contributed by atoms with E-state index in [-0.39, 0.29) is 18.0 Å². The minimum atomic E-state index is -0.527. The molecule has 0 aliphatic carbocycles. The monoisotopic (exact) mass is 349 g/mol. The van der Waals surface area contributed by atoms with E-state index in [9.17, 15) is 9.59 Å². The van der Waals surface area contributed by atoms with Crippen LogP contribution in [0, 0.1) is 13.8 Å². The lowest BCUT2D eigenvalue weighted by Crippen LogP contribution is -2.53. The van der Waals surface area contributed by atoms with Crippen molar-refractivity contribution in [2.45, 2.75) is 79.1 Å². The van der Waals surface area contributed by atoms with Gasteiger partial charge in [-0.3, -0.25) is 9.48 Å². The quantitative estimate of drug-likeness (QED) is 0.854. The molecule has 0 saturated carbocycles. The van der Waals surface area contributed by atoms with Crippen LogP contribution in [0.25, 0.3) is 0 Å². The second-order valence-electron chi connectivity index (χ2n) is 6.89. The molecule has 3 amide bonds. The summed E-state index contributed by atoms with van der Waals surface area (Å²) in [5, 5.41) is 10.1. The molecule has 140 valence electrons. The maximum absolute atomic E-state index is 12.5. The summed E-state index contributed by atoms with van der Waals surface area (Å²) in [4.78, 5) is 26.6. The zero-order valence-electron chi connectivity index (χ0n) is 16.1. The first-order valence-corrected chi connectivity index (χ1v) is 9.22. The molecule has 2 N–H and O–H groups in total. The van der Waals surface area contributed by atoms with Gasteiger partial charge in [-0.2, -0.15) is 5.10 Å². The number of aromatic nitrogens is 2. The lowest BCUT2D eigenvalue weighted by molar-refractivity contribution is -0.136. The van der Waals surface area contributed by atoms with Gasteiger partial charge in [0.2, 0.25) is 5.91 Å². The highest BCUT2D eigenvalue weighted by Gasteiger charge is 2.27. The molecule has 2 atom stereocenters. The van der Waals surface area contributed by atoms with Crippen molar-refractivity contribution in [3.63, 3.8) is 0 Å². The molecule has 2 rings (SSSR count). The van der Waals surface area contributed by atoms with E-state index in [2.05, 4.69) is 22.7 Å². The van der Waals surface area contributed by atoms with Crippen molar-refractivity contribution in [3.8, 4) is 0 Å². The number of nitrogens with zero attached hydrogens (tertiary/aromatic N) is 3. The summed E-state index contributed by atoms with van der Waals surface area (Å²) in [5.41, 5.74) is 3.01. The Morgan fingerprint density at radius 2 is 2.04 bits per heavy atom. The Hall–Kier alpha value is -2.05. The summed E-state index contributed by atoms with van der Waals surface area (Å²) in [6.07, 6.45) is 3.23. The van der Waals surface area contributed by atoms with E-state index in [1.165, 1.54) is 0 Å². The Morgan fingerprint density at radius 1 is 1.32 bits per heavy atom. The second-order valence-corrected chi connectivity index (χ2v) is 6.89. The van der Waals surface area contributed by atoms with E-state index in [1.807, 2.05) is 30.4 Å². The normalized spacial score (nSPS) is 18.8. The van der Waals surface area contributed by atoms with Gasteiger partial charge in [0.1, 0.15) is 6.04 Å². The summed E-state index contributed by atoms with van der Waals surface area (Å²) in [7, 11) is 0. The lowest BCUT2D eigenvalue weighted by Gasteiger charge is -2.35. The molecule has 7 nitrogen and oxygen atoms in total. The summed E-state index contributed by atoms with van der Waals surface area (Å²) >= 11 is 0. The molecule has 1 aliphatic rings. The number of hydrogen-bond acceptors (Lipinski definition) is 3. The highest BCUT2D eigenvalue weighted by atomic mass is 16.2. The maximum atomic E-state index is 12.5. The Kier molecular flexibility index (Phi) is 6.45. The molecule has 1 aliphatic heterocycles. The number of amides is 3. The van der Waals surface area contributed by atoms with Crippen molar-refractivity contribution < 1.29 is 9.59 Å². The molecule has 2 heterocycles. The van der Waals surface area contributed by atoms with Crippen molar-refractivity contribution in [1.82, 2.24) is 25.3 Å². The SMILES string of the molecule is CCn1nc(C)c(CNC(=O)N[C@H](C)C(=O)N2CCCC[C@@H]2C)c1C. The van der Waals surface area contributed by atoms with Crippen LogP contribution in [0.15, 0.2) is 0 Å². The first-order valence-electron chi connectivity index (χ1n) is 9.22. The van der Waals surface area contributed by atoms with Crippen LogP contribution in [0.4, 0.5) is 4.79 Å². The minimum Gasteiger partial charge on any atom is -0.338 e. The smallest absolute Gasteiger partial charge is 0.315 e. The van der Waals surface area contributed by atoms with Gasteiger partial charge in [0.15, 0.2) is 0 Å². The van der Waals surface area contributed by atoms with E-state index in [0.717, 1.165) is 49.3 Å². The van der Waals surface area contributed by atoms with Gasteiger partial charge in [-0.15, -0.1) is 0 Å². The van der Waals surface area contributed by atoms with Gasteiger partial charge in [0.25, 0.3) is 0 Å². The zero-order valence-corrected chi connectivity index (χ0v) is 16.1. The number of piperidine rings is 1. The van der Waals surface area contributed by atoms with E-state index < -0.39 is 6.04 Å². The fraction of sp³-hybridized carbons (Fsp3) is 0.722. The molecule has 0 bridgehead atoms. The second kappa shape index (κ2) is 8.36. The Bertz CT molecular complexity index is 625. The maximum Gasteiger partial charge on any atom is 0.315 e. The van der Waals surface area contributed by atoms with Crippen molar-refractivity contribution in [2.24, 2.45) is 0 Å². The molecule has 1 fully saturated rings. The molecule has 25 heavy (non-hydrogen) atoms. The number of carbonyl (C=O) groups is 2. The number of hydrogen-bond donors (Lipinski definition) is 2. The van der Waals surface area contributed by atoms with Crippen LogP contribution in [-0.4, -0.2) is 45.2 Å². The number of urea groups is 1. The van der Waals surface area contributed by atoms with Gasteiger partial charge < -0.3 is 15.5 Å². The van der Waals surface area contributed by atoms with Gasteiger partial charge in [0.05, 0.1) is 5.69 Å². The van der Waals surface area contributed by atoms with Crippen molar-refractivity contribution in [1.29, 1.82) is 0 Å². The molecule has 1 aromatic rings. The molecule has 1 saturated heterocycles. The van der Waals surface area contributed by atoms with Crippen molar-refractivity contribution in [3.05, 3.63) is 17.0 Å². The molecule has 0 aromatic carbocycles. The summed E-state index contributed by atoms with van der Waals surface area (Å²) < 4.78 is 1.92. The zero-order chi connectivity index (χ0) is 18.6. The average molecular weight is 349 g/mol. The molecule has 1 aromatic heterocycles. The molecule has 7 heteroatoms.